The number of aryl methyl sites for hydroxylation is 1. The van der Waals surface area contributed by atoms with E-state index in [-0.39, 0.29) is 5.91 Å². The lowest BCUT2D eigenvalue weighted by atomic mass is 10.1. The van der Waals surface area contributed by atoms with E-state index in [2.05, 4.69) is 32.6 Å². The zero-order valence-electron chi connectivity index (χ0n) is 13.2. The molecule has 0 aliphatic rings. The Morgan fingerprint density at radius 3 is 2.92 bits per heavy atom. The Kier molecular flexibility index (Phi) is 3.49. The number of fused-ring (bicyclic) bond motifs is 3. The van der Waals surface area contributed by atoms with E-state index < -0.39 is 0 Å². The fraction of sp³-hybridized carbons (Fsp3) is 0.167. The maximum Gasteiger partial charge on any atom is 0.267 e. The van der Waals surface area contributed by atoms with Crippen LogP contribution in [0.5, 0.6) is 0 Å². The molecule has 0 saturated heterocycles. The van der Waals surface area contributed by atoms with Crippen LogP contribution < -0.4 is 5.32 Å². The first-order chi connectivity index (χ1) is 11.7. The fourth-order valence-electron chi connectivity index (χ4n) is 2.83. The van der Waals surface area contributed by atoms with Crippen molar-refractivity contribution < 1.29 is 9.32 Å². The number of hydrogen-bond donors (Lipinski definition) is 2. The molecule has 4 rings (SSSR count). The summed E-state index contributed by atoms with van der Waals surface area (Å²) in [5.41, 5.74) is 1.49. The second kappa shape index (κ2) is 5.81. The molecule has 2 aromatic carbocycles. The van der Waals surface area contributed by atoms with Crippen molar-refractivity contribution in [3.05, 3.63) is 59.9 Å². The zero-order chi connectivity index (χ0) is 16.5. The third-order valence-electron chi connectivity index (χ3n) is 3.97. The minimum Gasteiger partial charge on any atom is -0.351 e. The quantitative estimate of drug-likeness (QED) is 0.605. The average Bonchev–Trinajstić information content (AvgIpc) is 3.21. The van der Waals surface area contributed by atoms with Crippen molar-refractivity contribution in [3.8, 4) is 0 Å². The fourth-order valence-corrected chi connectivity index (χ4v) is 2.83. The number of aromatic nitrogens is 3. The smallest absolute Gasteiger partial charge is 0.267 e. The van der Waals surface area contributed by atoms with Crippen LogP contribution in [0.15, 0.2) is 47.0 Å². The molecule has 2 heterocycles. The molecule has 24 heavy (non-hydrogen) atoms. The summed E-state index contributed by atoms with van der Waals surface area (Å²) in [5, 5.41) is 9.93. The molecule has 6 nitrogen and oxygen atoms in total. The minimum atomic E-state index is -0.147. The first-order valence-electron chi connectivity index (χ1n) is 7.78. The van der Waals surface area contributed by atoms with Crippen molar-refractivity contribution in [1.29, 1.82) is 0 Å². The third kappa shape index (κ3) is 2.62. The molecule has 0 spiro atoms. The Labute approximate surface area is 137 Å². The van der Waals surface area contributed by atoms with Crippen molar-refractivity contribution in [2.45, 2.75) is 13.3 Å². The van der Waals surface area contributed by atoms with Crippen LogP contribution in [0.1, 0.15) is 22.2 Å². The number of H-pyrrole nitrogens is 1. The molecule has 0 atom stereocenters. The van der Waals surface area contributed by atoms with Crippen molar-refractivity contribution in [1.82, 2.24) is 20.4 Å². The van der Waals surface area contributed by atoms with Crippen molar-refractivity contribution in [2.24, 2.45) is 0 Å². The van der Waals surface area contributed by atoms with Gasteiger partial charge in [0.05, 0.1) is 0 Å². The SMILES string of the molecule is Cc1noc(CCNC(=O)c2cc3c(ccc4ccccc43)[nH]2)n1. The van der Waals surface area contributed by atoms with Crippen molar-refractivity contribution in [2.75, 3.05) is 6.54 Å². The molecule has 0 radical (unpaired) electrons. The molecule has 0 saturated carbocycles. The van der Waals surface area contributed by atoms with E-state index in [9.17, 15) is 4.79 Å². The number of carbonyl (C=O) groups is 1. The van der Waals surface area contributed by atoms with Gasteiger partial charge in [-0.2, -0.15) is 4.98 Å². The molecule has 1 amide bonds. The Balaban J connectivity index is 1.53. The Morgan fingerprint density at radius 1 is 1.21 bits per heavy atom. The van der Waals surface area contributed by atoms with Crippen LogP contribution in [0.2, 0.25) is 0 Å². The second-order valence-corrected chi connectivity index (χ2v) is 5.67. The summed E-state index contributed by atoms with van der Waals surface area (Å²) < 4.78 is 5.03. The molecule has 0 bridgehead atoms. The summed E-state index contributed by atoms with van der Waals surface area (Å²) in [6.45, 7) is 2.21. The molecule has 2 aromatic heterocycles. The van der Waals surface area contributed by atoms with E-state index in [0.717, 1.165) is 21.7 Å². The number of benzene rings is 2. The monoisotopic (exact) mass is 320 g/mol. The van der Waals surface area contributed by atoms with Gasteiger partial charge in [-0.1, -0.05) is 35.5 Å². The molecule has 0 fully saturated rings. The van der Waals surface area contributed by atoms with Gasteiger partial charge in [-0.25, -0.2) is 0 Å². The molecule has 4 aromatic rings. The number of nitrogens with zero attached hydrogens (tertiary/aromatic N) is 2. The third-order valence-corrected chi connectivity index (χ3v) is 3.97. The summed E-state index contributed by atoms with van der Waals surface area (Å²) in [6, 6.07) is 14.1. The molecule has 0 unspecified atom stereocenters. The highest BCUT2D eigenvalue weighted by molar-refractivity contribution is 6.09. The number of carbonyl (C=O) groups excluding carboxylic acids is 1. The van der Waals surface area contributed by atoms with E-state index in [0.29, 0.717) is 30.4 Å². The van der Waals surface area contributed by atoms with Gasteiger partial charge in [-0.3, -0.25) is 4.79 Å². The highest BCUT2D eigenvalue weighted by atomic mass is 16.5. The van der Waals surface area contributed by atoms with Gasteiger partial charge in [0.2, 0.25) is 5.89 Å². The van der Waals surface area contributed by atoms with Crippen LogP contribution >= 0.6 is 0 Å². The van der Waals surface area contributed by atoms with Gasteiger partial charge in [0.1, 0.15) is 5.69 Å². The van der Waals surface area contributed by atoms with Gasteiger partial charge in [0, 0.05) is 23.9 Å². The molecule has 0 aliphatic carbocycles. The van der Waals surface area contributed by atoms with E-state index in [1.54, 1.807) is 6.92 Å². The van der Waals surface area contributed by atoms with E-state index in [1.165, 1.54) is 0 Å². The summed E-state index contributed by atoms with van der Waals surface area (Å²) in [4.78, 5) is 19.6. The molecular weight excluding hydrogens is 304 g/mol. The topological polar surface area (TPSA) is 83.8 Å². The van der Waals surface area contributed by atoms with E-state index in [4.69, 9.17) is 4.52 Å². The van der Waals surface area contributed by atoms with Crippen molar-refractivity contribution >= 4 is 27.6 Å². The number of amides is 1. The summed E-state index contributed by atoms with van der Waals surface area (Å²) in [5.74, 6) is 0.973. The van der Waals surface area contributed by atoms with Crippen LogP contribution in [0.3, 0.4) is 0 Å². The highest BCUT2D eigenvalue weighted by Crippen LogP contribution is 2.25. The molecule has 2 N–H and O–H groups in total. The van der Waals surface area contributed by atoms with Gasteiger partial charge >= 0.3 is 0 Å². The van der Waals surface area contributed by atoms with Gasteiger partial charge in [0.25, 0.3) is 5.91 Å². The summed E-state index contributed by atoms with van der Waals surface area (Å²) in [7, 11) is 0. The lowest BCUT2D eigenvalue weighted by molar-refractivity contribution is 0.0949. The molecule has 120 valence electrons. The number of aromatic amines is 1. The van der Waals surface area contributed by atoms with E-state index >= 15 is 0 Å². The first-order valence-corrected chi connectivity index (χ1v) is 7.78. The van der Waals surface area contributed by atoms with Gasteiger partial charge < -0.3 is 14.8 Å². The maximum atomic E-state index is 12.3. The number of hydrogen-bond acceptors (Lipinski definition) is 4. The van der Waals surface area contributed by atoms with Gasteiger partial charge in [-0.05, 0) is 29.8 Å². The zero-order valence-corrected chi connectivity index (χ0v) is 13.2. The lowest BCUT2D eigenvalue weighted by Crippen LogP contribution is -2.26. The van der Waals surface area contributed by atoms with Crippen LogP contribution in [0, 0.1) is 6.92 Å². The highest BCUT2D eigenvalue weighted by Gasteiger charge is 2.11. The van der Waals surface area contributed by atoms with Crippen LogP contribution in [0.4, 0.5) is 0 Å². The van der Waals surface area contributed by atoms with Crippen LogP contribution in [0.25, 0.3) is 21.7 Å². The van der Waals surface area contributed by atoms with E-state index in [1.807, 2.05) is 30.3 Å². The van der Waals surface area contributed by atoms with Crippen LogP contribution in [-0.4, -0.2) is 27.6 Å². The molecular formula is C18H16N4O2. The average molecular weight is 320 g/mol. The maximum absolute atomic E-state index is 12.3. The van der Waals surface area contributed by atoms with Crippen LogP contribution in [-0.2, 0) is 6.42 Å². The molecule has 0 aliphatic heterocycles. The Bertz CT molecular complexity index is 1030. The van der Waals surface area contributed by atoms with Gasteiger partial charge in [-0.15, -0.1) is 0 Å². The Hall–Kier alpha value is -3.15. The predicted molar refractivity (Wildman–Crippen MR) is 90.9 cm³/mol. The number of rotatable bonds is 4. The normalized spacial score (nSPS) is 11.2. The lowest BCUT2D eigenvalue weighted by Gasteiger charge is -2.00. The first kappa shape index (κ1) is 14.4. The second-order valence-electron chi connectivity index (χ2n) is 5.67. The largest absolute Gasteiger partial charge is 0.351 e. The molecule has 6 heteroatoms. The summed E-state index contributed by atoms with van der Waals surface area (Å²) in [6.07, 6.45) is 0.510. The minimum absolute atomic E-state index is 0.147. The standard InChI is InChI=1S/C18H16N4O2/c1-11-20-17(24-22-11)8-9-19-18(23)16-10-14-13-5-3-2-4-12(13)6-7-15(14)21-16/h2-7,10,21H,8-9H2,1H3,(H,19,23). The van der Waals surface area contributed by atoms with Gasteiger partial charge in [0.15, 0.2) is 5.82 Å². The Morgan fingerprint density at radius 2 is 2.08 bits per heavy atom. The summed E-state index contributed by atoms with van der Waals surface area (Å²) >= 11 is 0. The predicted octanol–water partition coefficient (Wildman–Crippen LogP) is 2.99. The van der Waals surface area contributed by atoms with Crippen molar-refractivity contribution in [3.63, 3.8) is 0 Å². The number of nitrogens with one attached hydrogen (secondary N) is 2.